The largest absolute Gasteiger partial charge is 0.521 e. The molecule has 0 N–H and O–H groups in total. The minimum absolute atomic E-state index is 0.809. The van der Waals surface area contributed by atoms with Gasteiger partial charge in [-0.05, 0) is 9.05 Å². The molecule has 284 valence electrons. The first-order valence-corrected chi connectivity index (χ1v) is 9.26. The zero-order chi connectivity index (χ0) is 38.7. The molecule has 1 atom stereocenters. The van der Waals surface area contributed by atoms with E-state index in [-0.39, 0.29) is 0 Å². The van der Waals surface area contributed by atoms with Crippen molar-refractivity contribution in [3.05, 3.63) is 0 Å². The molecule has 0 bridgehead atoms. The van der Waals surface area contributed by atoms with Crippen molar-refractivity contribution >= 4 is 0 Å². The Morgan fingerprint density at radius 3 is 0.830 bits per heavy atom. The molecule has 0 amide bonds. The molecule has 0 saturated carbocycles. The van der Waals surface area contributed by atoms with Crippen molar-refractivity contribution in [1.82, 2.24) is 0 Å². The Morgan fingerprint density at radius 2 is 0.532 bits per heavy atom. The number of alkyl halides is 26. The van der Waals surface area contributed by atoms with E-state index < -0.39 is 78.9 Å². The second-order valence-corrected chi connectivity index (χ2v) is 7.46. The van der Waals surface area contributed by atoms with Crippen molar-refractivity contribution < 1.29 is 152 Å². The van der Waals surface area contributed by atoms with Crippen molar-refractivity contribution in [2.45, 2.75) is 78.9 Å². The van der Waals surface area contributed by atoms with Crippen molar-refractivity contribution in [3.8, 4) is 0 Å². The molecule has 0 aromatic carbocycles. The Hall–Kier alpha value is -2.20. The third-order valence-corrected chi connectivity index (χ3v) is 4.15. The summed E-state index contributed by atoms with van der Waals surface area (Å²) in [5, 5.41) is 0. The molecule has 0 spiro atoms. The van der Waals surface area contributed by atoms with Crippen LogP contribution < -0.4 is 0 Å². The van der Waals surface area contributed by atoms with Crippen LogP contribution in [0.3, 0.4) is 0 Å². The Kier molecular flexibility index (Phi) is 11.4. The Balaban J connectivity index is 6.76. The Bertz CT molecular complexity index is 1080. The summed E-state index contributed by atoms with van der Waals surface area (Å²) >= 11 is 0. The summed E-state index contributed by atoms with van der Waals surface area (Å²) in [7, 11) is 0. The molecule has 0 aromatic heterocycles. The fourth-order valence-electron chi connectivity index (χ4n) is 1.91. The van der Waals surface area contributed by atoms with Crippen LogP contribution in [0.25, 0.3) is 0 Å². The summed E-state index contributed by atoms with van der Waals surface area (Å²) in [6.07, 6.45) is -72.9. The molecule has 0 heterocycles. The summed E-state index contributed by atoms with van der Waals surface area (Å²) in [5.74, 6) is -35.1. The van der Waals surface area contributed by atoms with Gasteiger partial charge >= 0.3 is 78.9 Å². The molecular weight excluding hydrogens is 784 g/mol. The molecule has 0 aliphatic carbocycles. The maximum absolute atomic E-state index is 13.5. The van der Waals surface area contributed by atoms with Gasteiger partial charge in [0, 0.05) is 0 Å². The Labute approximate surface area is 232 Å². The zero-order valence-corrected chi connectivity index (χ0v) is 19.5. The summed E-state index contributed by atoms with van der Waals surface area (Å²) in [6, 6.07) is 0. The van der Waals surface area contributed by atoms with Crippen molar-refractivity contribution in [2.75, 3.05) is 0 Å². The lowest BCUT2D eigenvalue weighted by molar-refractivity contribution is -0.586. The lowest BCUT2D eigenvalue weighted by atomic mass is 10.1. The average molecular weight is 784 g/mol. The molecule has 0 aliphatic heterocycles. The molecule has 47 heavy (non-hydrogen) atoms. The van der Waals surface area contributed by atoms with Crippen LogP contribution in [0.2, 0.25) is 0 Å². The van der Waals surface area contributed by atoms with Crippen LogP contribution >= 0.6 is 0 Å². The number of hydrogen-bond donors (Lipinski definition) is 0. The highest BCUT2D eigenvalue weighted by Gasteiger charge is 2.90. The average Bonchev–Trinajstić information content (AvgIpc) is 2.80. The van der Waals surface area contributed by atoms with Crippen LogP contribution in [0.4, 0.5) is 123 Å². The van der Waals surface area contributed by atoms with Crippen LogP contribution in [0.1, 0.15) is 0 Å². The van der Waals surface area contributed by atoms with Crippen molar-refractivity contribution in [3.63, 3.8) is 0 Å². The summed E-state index contributed by atoms with van der Waals surface area (Å²) < 4.78 is 367. The van der Waals surface area contributed by atoms with Gasteiger partial charge in [0.05, 0.1) is 0 Å². The van der Waals surface area contributed by atoms with Crippen LogP contribution in [0.15, 0.2) is 0 Å². The van der Waals surface area contributed by atoms with Crippen molar-refractivity contribution in [1.29, 1.82) is 0 Å². The summed E-state index contributed by atoms with van der Waals surface area (Å²) in [5.41, 5.74) is 0. The maximum Gasteiger partial charge on any atom is 0.521 e. The van der Waals surface area contributed by atoms with E-state index in [0.29, 0.717) is 0 Å². The fraction of sp³-hybridized carbons (Fsp3) is 1.00. The van der Waals surface area contributed by atoms with E-state index in [4.69, 9.17) is 0 Å². The second-order valence-electron chi connectivity index (χ2n) is 7.46. The molecule has 0 saturated heterocycles. The summed E-state index contributed by atoms with van der Waals surface area (Å²) in [4.78, 5) is 1.94. The first kappa shape index (κ1) is 44.8. The van der Waals surface area contributed by atoms with Crippen LogP contribution in [-0.4, -0.2) is 78.9 Å². The van der Waals surface area contributed by atoms with E-state index in [1.54, 1.807) is 0 Å². The fourth-order valence-corrected chi connectivity index (χ4v) is 1.91. The molecule has 0 aliphatic rings. The molecular formula is C13F28O6. The quantitative estimate of drug-likeness (QED) is 0.109. The van der Waals surface area contributed by atoms with E-state index in [0.717, 1.165) is 24.1 Å². The number of halogens is 28. The highest BCUT2D eigenvalue weighted by Crippen LogP contribution is 2.60. The molecule has 1 unspecified atom stereocenters. The second kappa shape index (κ2) is 12.0. The van der Waals surface area contributed by atoms with Gasteiger partial charge in [0.1, 0.15) is 0 Å². The standard InChI is InChI=1S/C13F28O6/c14-1(15,6(24,25)42-4(20,5(21,22)23)10(32,33)46-40)2(16,17)7(26,27)43-8(28,29)3(18,19)9(30,31)44-11(34,35)12(36,37)45-13(38,39)47-41. The Morgan fingerprint density at radius 1 is 0.255 bits per heavy atom. The molecule has 0 radical (unpaired) electrons. The van der Waals surface area contributed by atoms with E-state index in [9.17, 15) is 123 Å². The molecule has 0 rings (SSSR count). The van der Waals surface area contributed by atoms with Gasteiger partial charge in [-0.15, -0.1) is 13.7 Å². The number of rotatable bonds is 17. The van der Waals surface area contributed by atoms with Gasteiger partial charge in [-0.25, -0.2) is 14.2 Å². The van der Waals surface area contributed by atoms with Crippen LogP contribution in [0, 0.1) is 0 Å². The third-order valence-electron chi connectivity index (χ3n) is 4.15. The minimum atomic E-state index is -9.10. The van der Waals surface area contributed by atoms with Gasteiger partial charge in [-0.1, -0.05) is 4.94 Å². The number of hydrogen-bond acceptors (Lipinski definition) is 6. The third kappa shape index (κ3) is 7.68. The first-order chi connectivity index (χ1) is 19.9. The normalized spacial score (nSPS) is 17.6. The number of ether oxygens (including phenoxy) is 4. The predicted octanol–water partition coefficient (Wildman–Crippen LogP) is 8.69. The van der Waals surface area contributed by atoms with Gasteiger partial charge in [0.2, 0.25) is 0 Å². The predicted molar refractivity (Wildman–Crippen MR) is 73.0 cm³/mol. The topological polar surface area (TPSA) is 55.4 Å². The zero-order valence-electron chi connectivity index (χ0n) is 19.5. The van der Waals surface area contributed by atoms with Crippen LogP contribution in [0.5, 0.6) is 0 Å². The SMILES string of the molecule is FOC(F)(F)OC(F)(F)C(F)(F)OC(F)(F)C(F)(F)C(F)(F)OC(F)(F)C(F)(F)C(F)(F)C(F)(F)OC(F)(C(F)(F)F)C(F)(F)OF. The lowest BCUT2D eigenvalue weighted by Crippen LogP contribution is -2.70. The van der Waals surface area contributed by atoms with Gasteiger partial charge in [-0.3, -0.25) is 4.74 Å². The molecule has 34 heteroatoms. The smallest absolute Gasteiger partial charge is 0.262 e. The van der Waals surface area contributed by atoms with E-state index in [1.807, 2.05) is 0 Å². The molecule has 0 aromatic rings. The monoisotopic (exact) mass is 784 g/mol. The van der Waals surface area contributed by atoms with Crippen molar-refractivity contribution in [2.24, 2.45) is 0 Å². The van der Waals surface area contributed by atoms with Crippen LogP contribution in [-0.2, 0) is 28.8 Å². The van der Waals surface area contributed by atoms with Gasteiger partial charge in [0.25, 0.3) is 0 Å². The van der Waals surface area contributed by atoms with E-state index >= 15 is 0 Å². The maximum atomic E-state index is 13.5. The minimum Gasteiger partial charge on any atom is -0.262 e. The van der Waals surface area contributed by atoms with E-state index in [1.165, 1.54) is 4.74 Å². The van der Waals surface area contributed by atoms with Gasteiger partial charge in [0.15, 0.2) is 0 Å². The molecule has 6 nitrogen and oxygen atoms in total. The van der Waals surface area contributed by atoms with Gasteiger partial charge in [-0.2, -0.15) is 105 Å². The first-order valence-electron chi connectivity index (χ1n) is 9.26. The highest BCUT2D eigenvalue weighted by molar-refractivity contribution is 5.01. The summed E-state index contributed by atoms with van der Waals surface area (Å²) in [6.45, 7) is 0. The van der Waals surface area contributed by atoms with Gasteiger partial charge < -0.3 is 0 Å². The molecule has 0 fully saturated rings. The van der Waals surface area contributed by atoms with E-state index in [2.05, 4.69) is 0 Å². The highest BCUT2D eigenvalue weighted by atomic mass is 19.4. The lowest BCUT2D eigenvalue weighted by Gasteiger charge is -2.41.